The Morgan fingerprint density at radius 2 is 2.06 bits per heavy atom. The van der Waals surface area contributed by atoms with Gasteiger partial charge in [-0.05, 0) is 45.7 Å². The Bertz CT molecular complexity index is 412. The predicted molar refractivity (Wildman–Crippen MR) is 74.4 cm³/mol. The molecule has 1 aromatic heterocycles. The van der Waals surface area contributed by atoms with Gasteiger partial charge in [-0.25, -0.2) is 9.97 Å². The minimum atomic E-state index is 0.254. The molecule has 0 aliphatic heterocycles. The van der Waals surface area contributed by atoms with Gasteiger partial charge < -0.3 is 5.32 Å². The zero-order valence-corrected chi connectivity index (χ0v) is 11.4. The lowest BCUT2D eigenvalue weighted by molar-refractivity contribution is 0.565. The van der Waals surface area contributed by atoms with Gasteiger partial charge in [0.1, 0.15) is 5.82 Å². The van der Waals surface area contributed by atoms with Gasteiger partial charge in [0, 0.05) is 6.20 Å². The molecule has 0 spiro atoms. The van der Waals surface area contributed by atoms with Gasteiger partial charge in [0.15, 0.2) is 0 Å². The van der Waals surface area contributed by atoms with E-state index in [1.807, 2.05) is 26.2 Å². The monoisotopic (exact) mass is 245 g/mol. The zero-order valence-electron chi connectivity index (χ0n) is 11.4. The van der Waals surface area contributed by atoms with Gasteiger partial charge in [-0.1, -0.05) is 24.5 Å². The summed E-state index contributed by atoms with van der Waals surface area (Å²) in [5.41, 5.74) is 2.59. The van der Waals surface area contributed by atoms with Crippen molar-refractivity contribution in [1.82, 2.24) is 15.3 Å². The highest BCUT2D eigenvalue weighted by atomic mass is 14.9. The number of aromatic nitrogens is 2. The summed E-state index contributed by atoms with van der Waals surface area (Å²) in [6.07, 6.45) is 12.0. The van der Waals surface area contributed by atoms with Crippen LogP contribution in [0.15, 0.2) is 23.9 Å². The van der Waals surface area contributed by atoms with Crippen molar-refractivity contribution in [2.45, 2.75) is 51.5 Å². The second kappa shape index (κ2) is 6.64. The Labute approximate surface area is 110 Å². The molecule has 0 radical (unpaired) electrons. The van der Waals surface area contributed by atoms with E-state index >= 15 is 0 Å². The highest BCUT2D eigenvalue weighted by Crippen LogP contribution is 2.27. The van der Waals surface area contributed by atoms with Crippen molar-refractivity contribution < 1.29 is 0 Å². The normalized spacial score (nSPS) is 21.6. The van der Waals surface area contributed by atoms with Crippen molar-refractivity contribution in [3.8, 4) is 0 Å². The Kier molecular flexibility index (Phi) is 4.88. The van der Waals surface area contributed by atoms with E-state index in [1.165, 1.54) is 44.1 Å². The van der Waals surface area contributed by atoms with E-state index in [0.29, 0.717) is 0 Å². The van der Waals surface area contributed by atoms with Crippen LogP contribution in [0.4, 0.5) is 0 Å². The van der Waals surface area contributed by atoms with Crippen LogP contribution in [0.3, 0.4) is 0 Å². The van der Waals surface area contributed by atoms with Gasteiger partial charge in [-0.15, -0.1) is 0 Å². The molecule has 0 amide bonds. The van der Waals surface area contributed by atoms with Gasteiger partial charge >= 0.3 is 0 Å². The van der Waals surface area contributed by atoms with E-state index in [2.05, 4.69) is 21.4 Å². The summed E-state index contributed by atoms with van der Waals surface area (Å²) in [6, 6.07) is 2.28. The Hall–Kier alpha value is -1.22. The molecule has 18 heavy (non-hydrogen) atoms. The summed E-state index contributed by atoms with van der Waals surface area (Å²) in [7, 11) is 2.02. The first-order chi connectivity index (χ1) is 8.81. The van der Waals surface area contributed by atoms with Crippen LogP contribution >= 0.6 is 0 Å². The van der Waals surface area contributed by atoms with Crippen molar-refractivity contribution in [3.63, 3.8) is 0 Å². The number of allylic oxidation sites excluding steroid dienone is 1. The Morgan fingerprint density at radius 1 is 1.22 bits per heavy atom. The first-order valence-electron chi connectivity index (χ1n) is 6.97. The molecule has 98 valence electrons. The molecule has 0 bridgehead atoms. The second-order valence-corrected chi connectivity index (χ2v) is 4.98. The van der Waals surface area contributed by atoms with E-state index in [1.54, 1.807) is 0 Å². The van der Waals surface area contributed by atoms with Crippen LogP contribution in [0.5, 0.6) is 0 Å². The maximum Gasteiger partial charge on any atom is 0.125 e. The molecule has 1 atom stereocenters. The lowest BCUT2D eigenvalue weighted by atomic mass is 9.93. The molecule has 0 saturated heterocycles. The molecular weight excluding hydrogens is 222 g/mol. The topological polar surface area (TPSA) is 37.8 Å². The molecule has 1 aliphatic carbocycles. The third-order valence-electron chi connectivity index (χ3n) is 3.58. The fourth-order valence-corrected chi connectivity index (χ4v) is 2.64. The molecule has 0 fully saturated rings. The van der Waals surface area contributed by atoms with Crippen LogP contribution in [0, 0.1) is 6.92 Å². The summed E-state index contributed by atoms with van der Waals surface area (Å²) in [5.74, 6) is 0.846. The fraction of sp³-hybridized carbons (Fsp3) is 0.600. The molecule has 1 aromatic rings. The fourth-order valence-electron chi connectivity index (χ4n) is 2.64. The predicted octanol–water partition coefficient (Wildman–Crippen LogP) is 3.33. The highest BCUT2D eigenvalue weighted by molar-refractivity contribution is 5.22. The minimum Gasteiger partial charge on any atom is -0.308 e. The molecule has 1 heterocycles. The van der Waals surface area contributed by atoms with E-state index < -0.39 is 0 Å². The van der Waals surface area contributed by atoms with Crippen molar-refractivity contribution in [2.75, 3.05) is 7.05 Å². The quantitative estimate of drug-likeness (QED) is 0.830. The van der Waals surface area contributed by atoms with Crippen LogP contribution in [0.25, 0.3) is 0 Å². The smallest absolute Gasteiger partial charge is 0.125 e. The van der Waals surface area contributed by atoms with Crippen molar-refractivity contribution >= 4 is 0 Å². The number of hydrogen-bond acceptors (Lipinski definition) is 3. The highest BCUT2D eigenvalue weighted by Gasteiger charge is 2.16. The van der Waals surface area contributed by atoms with E-state index in [4.69, 9.17) is 0 Å². The van der Waals surface area contributed by atoms with Crippen molar-refractivity contribution in [1.29, 1.82) is 0 Å². The van der Waals surface area contributed by atoms with Gasteiger partial charge in [-0.3, -0.25) is 0 Å². The van der Waals surface area contributed by atoms with E-state index in [9.17, 15) is 0 Å². The summed E-state index contributed by atoms with van der Waals surface area (Å²) in [5, 5.41) is 3.40. The van der Waals surface area contributed by atoms with Crippen LogP contribution in [-0.4, -0.2) is 17.0 Å². The first-order valence-corrected chi connectivity index (χ1v) is 6.97. The van der Waals surface area contributed by atoms with Crippen LogP contribution in [0.1, 0.15) is 56.1 Å². The molecule has 3 heteroatoms. The SMILES string of the molecule is CNC(/C1=C/CCCCCC1)c1ccnc(C)n1. The van der Waals surface area contributed by atoms with Crippen molar-refractivity contribution in [3.05, 3.63) is 35.4 Å². The lowest BCUT2D eigenvalue weighted by Crippen LogP contribution is -2.21. The molecule has 1 unspecified atom stereocenters. The second-order valence-electron chi connectivity index (χ2n) is 4.98. The van der Waals surface area contributed by atoms with Crippen molar-refractivity contribution in [2.24, 2.45) is 0 Å². The van der Waals surface area contributed by atoms with E-state index in [-0.39, 0.29) is 6.04 Å². The Morgan fingerprint density at radius 3 is 2.83 bits per heavy atom. The maximum absolute atomic E-state index is 4.56. The summed E-state index contributed by atoms with van der Waals surface area (Å²) in [6.45, 7) is 1.95. The zero-order chi connectivity index (χ0) is 12.8. The number of aryl methyl sites for hydroxylation is 1. The summed E-state index contributed by atoms with van der Waals surface area (Å²) in [4.78, 5) is 8.74. The number of nitrogens with zero attached hydrogens (tertiary/aromatic N) is 2. The number of nitrogens with one attached hydrogen (secondary N) is 1. The first kappa shape index (κ1) is 13.2. The average Bonchev–Trinajstić information content (AvgIpc) is 2.32. The number of hydrogen-bond donors (Lipinski definition) is 1. The molecule has 1 N–H and O–H groups in total. The largest absolute Gasteiger partial charge is 0.308 e. The Balaban J connectivity index is 2.21. The van der Waals surface area contributed by atoms with Gasteiger partial charge in [0.2, 0.25) is 0 Å². The average molecular weight is 245 g/mol. The molecule has 3 nitrogen and oxygen atoms in total. The van der Waals surface area contributed by atoms with E-state index in [0.717, 1.165) is 11.5 Å². The lowest BCUT2D eigenvalue weighted by Gasteiger charge is -2.21. The third-order valence-corrected chi connectivity index (χ3v) is 3.58. The van der Waals surface area contributed by atoms with Crippen LogP contribution in [0.2, 0.25) is 0 Å². The van der Waals surface area contributed by atoms with Gasteiger partial charge in [-0.2, -0.15) is 0 Å². The summed E-state index contributed by atoms with van der Waals surface area (Å²) < 4.78 is 0. The number of rotatable bonds is 3. The maximum atomic E-state index is 4.56. The van der Waals surface area contributed by atoms with Crippen LogP contribution < -0.4 is 5.32 Å². The third kappa shape index (κ3) is 3.39. The minimum absolute atomic E-state index is 0.254. The van der Waals surface area contributed by atoms with Gasteiger partial charge in [0.05, 0.1) is 11.7 Å². The molecule has 2 rings (SSSR count). The molecule has 0 aromatic carbocycles. The molecule has 1 aliphatic rings. The van der Waals surface area contributed by atoms with Gasteiger partial charge in [0.25, 0.3) is 0 Å². The molecular formula is C15H23N3. The summed E-state index contributed by atoms with van der Waals surface area (Å²) >= 11 is 0. The standard InChI is InChI=1S/C15H23N3/c1-12-17-11-10-14(18-12)15(16-2)13-8-6-4-3-5-7-9-13/h8,10-11,15-16H,3-7,9H2,1-2H3/b13-8+. The number of likely N-dealkylation sites (N-methyl/N-ethyl adjacent to an activating group) is 1. The molecule has 0 saturated carbocycles. The van der Waals surface area contributed by atoms with Crippen LogP contribution in [-0.2, 0) is 0 Å².